The number of likely N-dealkylation sites (tertiary alicyclic amines) is 1. The number of hydrogen-bond donors (Lipinski definition) is 2. The molecule has 6 nitrogen and oxygen atoms in total. The summed E-state index contributed by atoms with van der Waals surface area (Å²) in [7, 11) is 0. The lowest BCUT2D eigenvalue weighted by atomic mass is 10.1. The van der Waals surface area contributed by atoms with Crippen LogP contribution in [0.3, 0.4) is 0 Å². The van der Waals surface area contributed by atoms with Crippen molar-refractivity contribution in [1.29, 1.82) is 0 Å². The van der Waals surface area contributed by atoms with Crippen LogP contribution in [-0.4, -0.2) is 46.7 Å². The summed E-state index contributed by atoms with van der Waals surface area (Å²) >= 11 is 6.21. The van der Waals surface area contributed by atoms with Gasteiger partial charge in [-0.2, -0.15) is 0 Å². The molecule has 1 aromatic carbocycles. The van der Waals surface area contributed by atoms with Crippen LogP contribution in [0.15, 0.2) is 45.7 Å². The van der Waals surface area contributed by atoms with Gasteiger partial charge in [0.25, 0.3) is 11.8 Å². The van der Waals surface area contributed by atoms with Crippen molar-refractivity contribution in [2.45, 2.75) is 25.8 Å². The number of nitrogens with one attached hydrogen (secondary N) is 2. The topological polar surface area (TPSA) is 74.6 Å². The van der Waals surface area contributed by atoms with Crippen LogP contribution in [0.1, 0.15) is 35.9 Å². The summed E-state index contributed by atoms with van der Waals surface area (Å²) in [6.45, 7) is 4.97. The molecule has 8 heteroatoms. The second-order valence-corrected chi connectivity index (χ2v) is 8.99. The lowest BCUT2D eigenvalue weighted by molar-refractivity contribution is -0.115. The SMILES string of the molecule is CCN1CCCC1CNC(=O)c1ccc(-c2ccc(/C=C3\SC(=S)NC3=O)o2)cc1. The van der Waals surface area contributed by atoms with Gasteiger partial charge in [-0.05, 0) is 50.2 Å². The maximum atomic E-state index is 12.5. The van der Waals surface area contributed by atoms with E-state index in [0.29, 0.717) is 38.9 Å². The first-order chi connectivity index (χ1) is 14.5. The van der Waals surface area contributed by atoms with Gasteiger partial charge >= 0.3 is 0 Å². The van der Waals surface area contributed by atoms with Crippen LogP contribution >= 0.6 is 24.0 Å². The Morgan fingerprint density at radius 3 is 2.83 bits per heavy atom. The van der Waals surface area contributed by atoms with Gasteiger partial charge < -0.3 is 15.1 Å². The smallest absolute Gasteiger partial charge is 0.263 e. The summed E-state index contributed by atoms with van der Waals surface area (Å²) in [5, 5.41) is 5.64. The highest BCUT2D eigenvalue weighted by molar-refractivity contribution is 8.26. The van der Waals surface area contributed by atoms with E-state index in [1.54, 1.807) is 24.3 Å². The third-order valence-corrected chi connectivity index (χ3v) is 6.54. The molecule has 0 saturated carbocycles. The zero-order valence-corrected chi connectivity index (χ0v) is 18.3. The van der Waals surface area contributed by atoms with E-state index in [1.807, 2.05) is 18.2 Å². The number of rotatable bonds is 6. The molecule has 1 unspecified atom stereocenters. The number of hydrogen-bond acceptors (Lipinski definition) is 6. The minimum atomic E-state index is -0.210. The van der Waals surface area contributed by atoms with Crippen molar-refractivity contribution in [2.24, 2.45) is 0 Å². The second kappa shape index (κ2) is 9.16. The van der Waals surface area contributed by atoms with Crippen LogP contribution in [0.25, 0.3) is 17.4 Å². The first kappa shape index (κ1) is 20.8. The number of amides is 2. The van der Waals surface area contributed by atoms with Gasteiger partial charge in [-0.3, -0.25) is 14.5 Å². The fourth-order valence-corrected chi connectivity index (χ4v) is 4.80. The highest BCUT2D eigenvalue weighted by Crippen LogP contribution is 2.29. The summed E-state index contributed by atoms with van der Waals surface area (Å²) in [6.07, 6.45) is 4.00. The molecule has 2 amide bonds. The Morgan fingerprint density at radius 1 is 1.33 bits per heavy atom. The molecule has 2 fully saturated rings. The first-order valence-electron chi connectivity index (χ1n) is 10.0. The van der Waals surface area contributed by atoms with Crippen molar-refractivity contribution in [2.75, 3.05) is 19.6 Å². The van der Waals surface area contributed by atoms with Crippen LogP contribution < -0.4 is 10.6 Å². The fraction of sp³-hybridized carbons (Fsp3) is 0.318. The van der Waals surface area contributed by atoms with Crippen LogP contribution in [-0.2, 0) is 4.79 Å². The van der Waals surface area contributed by atoms with Gasteiger partial charge in [0.2, 0.25) is 0 Å². The Morgan fingerprint density at radius 2 is 2.13 bits per heavy atom. The molecule has 2 N–H and O–H groups in total. The van der Waals surface area contributed by atoms with Gasteiger partial charge in [0, 0.05) is 29.8 Å². The number of thioether (sulfide) groups is 1. The molecule has 0 bridgehead atoms. The molecule has 0 aliphatic carbocycles. The third-order valence-electron chi connectivity index (χ3n) is 5.38. The van der Waals surface area contributed by atoms with E-state index in [4.69, 9.17) is 16.6 Å². The van der Waals surface area contributed by atoms with Gasteiger partial charge in [0.15, 0.2) is 0 Å². The van der Waals surface area contributed by atoms with Gasteiger partial charge in [0.1, 0.15) is 15.8 Å². The lowest BCUT2D eigenvalue weighted by Gasteiger charge is -2.22. The Balaban J connectivity index is 1.38. The van der Waals surface area contributed by atoms with Gasteiger partial charge in [-0.15, -0.1) is 0 Å². The fourth-order valence-electron chi connectivity index (χ4n) is 3.78. The van der Waals surface area contributed by atoms with E-state index < -0.39 is 0 Å². The molecule has 1 aromatic heterocycles. The Labute approximate surface area is 185 Å². The van der Waals surface area contributed by atoms with E-state index >= 15 is 0 Å². The van der Waals surface area contributed by atoms with Gasteiger partial charge in [-0.25, -0.2) is 0 Å². The standard InChI is InChI=1S/C22H23N3O3S2/c1-2-25-11-3-4-16(25)13-23-20(26)15-7-5-14(6-8-15)18-10-9-17(28-18)12-19-21(27)24-22(29)30-19/h5-10,12,16H,2-4,11,13H2,1H3,(H,23,26)(H,24,27,29)/b19-12-. The molecule has 3 heterocycles. The lowest BCUT2D eigenvalue weighted by Crippen LogP contribution is -2.40. The summed E-state index contributed by atoms with van der Waals surface area (Å²) in [5.41, 5.74) is 1.49. The van der Waals surface area contributed by atoms with Crippen LogP contribution in [0.4, 0.5) is 0 Å². The van der Waals surface area contributed by atoms with Gasteiger partial charge in [0.05, 0.1) is 4.91 Å². The highest BCUT2D eigenvalue weighted by Gasteiger charge is 2.24. The molecule has 2 saturated heterocycles. The predicted molar refractivity (Wildman–Crippen MR) is 123 cm³/mol. The molecule has 30 heavy (non-hydrogen) atoms. The second-order valence-electron chi connectivity index (χ2n) is 7.27. The molecule has 2 aliphatic rings. The van der Waals surface area contributed by atoms with Crippen LogP contribution in [0.2, 0.25) is 0 Å². The number of furan rings is 1. The van der Waals surface area contributed by atoms with E-state index in [-0.39, 0.29) is 11.8 Å². The molecule has 2 aliphatic heterocycles. The molecule has 0 spiro atoms. The average molecular weight is 442 g/mol. The van der Waals surface area contributed by atoms with Crippen molar-refractivity contribution >= 4 is 46.2 Å². The molecular weight excluding hydrogens is 418 g/mol. The molecule has 2 aromatic rings. The van der Waals surface area contributed by atoms with E-state index in [1.165, 1.54) is 18.2 Å². The van der Waals surface area contributed by atoms with Crippen molar-refractivity contribution in [3.8, 4) is 11.3 Å². The quantitative estimate of drug-likeness (QED) is 0.527. The van der Waals surface area contributed by atoms with Crippen LogP contribution in [0.5, 0.6) is 0 Å². The maximum Gasteiger partial charge on any atom is 0.263 e. The average Bonchev–Trinajstić information content (AvgIpc) is 3.47. The molecule has 4 rings (SSSR count). The van der Waals surface area contributed by atoms with Crippen LogP contribution in [0, 0.1) is 0 Å². The molecule has 156 valence electrons. The minimum Gasteiger partial charge on any atom is -0.457 e. The van der Waals surface area contributed by atoms with E-state index in [2.05, 4.69) is 22.5 Å². The number of likely N-dealkylation sites (N-methyl/N-ethyl adjacent to an activating group) is 1. The monoisotopic (exact) mass is 441 g/mol. The minimum absolute atomic E-state index is 0.0605. The summed E-state index contributed by atoms with van der Waals surface area (Å²) in [5.74, 6) is 0.975. The molecule has 1 atom stereocenters. The number of thiocarbonyl (C=S) groups is 1. The Bertz CT molecular complexity index is 997. The molecule has 0 radical (unpaired) electrons. The van der Waals surface area contributed by atoms with E-state index in [9.17, 15) is 9.59 Å². The number of benzene rings is 1. The Kier molecular flexibility index (Phi) is 6.36. The predicted octanol–water partition coefficient (Wildman–Crippen LogP) is 3.65. The summed E-state index contributed by atoms with van der Waals surface area (Å²) in [6, 6.07) is 11.4. The number of carbonyl (C=O) groups excluding carboxylic acids is 2. The Hall–Kier alpha value is -2.42. The van der Waals surface area contributed by atoms with E-state index in [0.717, 1.165) is 25.1 Å². The largest absolute Gasteiger partial charge is 0.457 e. The zero-order chi connectivity index (χ0) is 21.1. The molecular formula is C22H23N3O3S2. The third kappa shape index (κ3) is 4.66. The van der Waals surface area contributed by atoms with Crippen molar-refractivity contribution in [3.63, 3.8) is 0 Å². The zero-order valence-electron chi connectivity index (χ0n) is 16.6. The highest BCUT2D eigenvalue weighted by atomic mass is 32.2. The van der Waals surface area contributed by atoms with Crippen molar-refractivity contribution < 1.29 is 14.0 Å². The number of nitrogens with zero attached hydrogens (tertiary/aromatic N) is 1. The number of carbonyl (C=O) groups is 2. The first-order valence-corrected chi connectivity index (χ1v) is 11.2. The summed E-state index contributed by atoms with van der Waals surface area (Å²) in [4.78, 5) is 27.2. The summed E-state index contributed by atoms with van der Waals surface area (Å²) < 4.78 is 6.28. The van der Waals surface area contributed by atoms with Gasteiger partial charge in [-0.1, -0.05) is 43.0 Å². The maximum absolute atomic E-state index is 12.5. The van der Waals surface area contributed by atoms with Crippen molar-refractivity contribution in [1.82, 2.24) is 15.5 Å². The van der Waals surface area contributed by atoms with Crippen molar-refractivity contribution in [3.05, 3.63) is 52.6 Å². The normalized spacial score (nSPS) is 20.7.